The Kier molecular flexibility index (Phi) is 3.94. The fourth-order valence-electron chi connectivity index (χ4n) is 2.12. The molecule has 0 spiro atoms. The Balaban J connectivity index is 2.78. The van der Waals surface area contributed by atoms with Gasteiger partial charge in [0, 0.05) is 18.0 Å². The van der Waals surface area contributed by atoms with Gasteiger partial charge in [0.25, 0.3) is 5.56 Å². The summed E-state index contributed by atoms with van der Waals surface area (Å²) >= 11 is 0. The summed E-state index contributed by atoms with van der Waals surface area (Å²) in [7, 11) is 0. The van der Waals surface area contributed by atoms with Crippen molar-refractivity contribution in [2.75, 3.05) is 0 Å². The van der Waals surface area contributed by atoms with E-state index in [4.69, 9.17) is 6.42 Å². The van der Waals surface area contributed by atoms with Crippen LogP contribution in [0, 0.1) is 18.2 Å². The summed E-state index contributed by atoms with van der Waals surface area (Å²) in [5.41, 5.74) is -2.03. The summed E-state index contributed by atoms with van der Waals surface area (Å²) < 4.78 is 14.8. The molecule has 0 amide bonds. The quantitative estimate of drug-likeness (QED) is 0.843. The average Bonchev–Trinajstić information content (AvgIpc) is 2.40. The van der Waals surface area contributed by atoms with E-state index in [1.807, 2.05) is 0 Å². The second-order valence-corrected chi connectivity index (χ2v) is 4.57. The summed E-state index contributed by atoms with van der Waals surface area (Å²) in [5, 5.41) is 10.2. The van der Waals surface area contributed by atoms with Gasteiger partial charge >= 0.3 is 5.69 Å². The lowest BCUT2D eigenvalue weighted by Gasteiger charge is -2.16. The van der Waals surface area contributed by atoms with Crippen LogP contribution in [-0.2, 0) is 0 Å². The lowest BCUT2D eigenvalue weighted by Crippen LogP contribution is -2.32. The van der Waals surface area contributed by atoms with Gasteiger partial charge in [-0.3, -0.25) is 14.3 Å². The van der Waals surface area contributed by atoms with E-state index in [1.165, 1.54) is 18.2 Å². The second-order valence-electron chi connectivity index (χ2n) is 4.57. The number of aromatic nitrogens is 2. The van der Waals surface area contributed by atoms with Crippen molar-refractivity contribution in [3.05, 3.63) is 50.9 Å². The lowest BCUT2D eigenvalue weighted by molar-refractivity contribution is 0.376. The van der Waals surface area contributed by atoms with Crippen molar-refractivity contribution in [1.29, 1.82) is 0 Å². The number of aromatic amines is 1. The molecule has 0 radical (unpaired) electrons. The summed E-state index contributed by atoms with van der Waals surface area (Å²) in [6.45, 7) is 1.62. The molecule has 108 valence electrons. The highest BCUT2D eigenvalue weighted by molar-refractivity contribution is 5.67. The standard InChI is InChI=1S/C15H13FN2O3/c1-3-6-9(2)18-14(20)12(13(19)17-15(18)21)10-7-4-5-8-11(10)16/h1,4-5,7-9,20H,6H2,2H3,(H,17,19,21). The minimum atomic E-state index is -0.855. The van der Waals surface area contributed by atoms with Crippen molar-refractivity contribution < 1.29 is 9.50 Å². The minimum absolute atomic E-state index is 0.0853. The molecule has 1 atom stereocenters. The number of nitrogens with one attached hydrogen (secondary N) is 1. The summed E-state index contributed by atoms with van der Waals surface area (Å²) in [6, 6.07) is 4.96. The van der Waals surface area contributed by atoms with Crippen molar-refractivity contribution in [1.82, 2.24) is 9.55 Å². The van der Waals surface area contributed by atoms with Gasteiger partial charge in [0.1, 0.15) is 11.4 Å². The van der Waals surface area contributed by atoms with Crippen LogP contribution in [0.4, 0.5) is 4.39 Å². The molecule has 0 fully saturated rings. The highest BCUT2D eigenvalue weighted by Gasteiger charge is 2.20. The zero-order valence-electron chi connectivity index (χ0n) is 11.3. The van der Waals surface area contributed by atoms with Crippen LogP contribution in [0.5, 0.6) is 5.88 Å². The molecular formula is C15H13FN2O3. The number of hydrogen-bond acceptors (Lipinski definition) is 3. The maximum absolute atomic E-state index is 13.8. The number of benzene rings is 1. The van der Waals surface area contributed by atoms with Gasteiger partial charge in [-0.1, -0.05) is 18.2 Å². The molecule has 6 heteroatoms. The summed E-state index contributed by atoms with van der Waals surface area (Å²) in [4.78, 5) is 25.8. The van der Waals surface area contributed by atoms with Gasteiger partial charge in [0.15, 0.2) is 0 Å². The third kappa shape index (κ3) is 2.58. The maximum atomic E-state index is 13.8. The zero-order chi connectivity index (χ0) is 15.6. The second kappa shape index (κ2) is 5.67. The maximum Gasteiger partial charge on any atom is 0.331 e. The van der Waals surface area contributed by atoms with Crippen LogP contribution in [0.1, 0.15) is 19.4 Å². The molecule has 0 bridgehead atoms. The van der Waals surface area contributed by atoms with Crippen LogP contribution >= 0.6 is 0 Å². The van der Waals surface area contributed by atoms with E-state index < -0.39 is 29.0 Å². The predicted molar refractivity (Wildman–Crippen MR) is 76.5 cm³/mol. The molecule has 2 N–H and O–H groups in total. The van der Waals surface area contributed by atoms with Gasteiger partial charge in [-0.05, 0) is 13.0 Å². The van der Waals surface area contributed by atoms with E-state index in [0.29, 0.717) is 0 Å². The van der Waals surface area contributed by atoms with Crippen molar-refractivity contribution in [3.8, 4) is 29.4 Å². The number of rotatable bonds is 3. The Morgan fingerprint density at radius 2 is 2.10 bits per heavy atom. The first-order valence-corrected chi connectivity index (χ1v) is 6.23. The highest BCUT2D eigenvalue weighted by atomic mass is 19.1. The number of nitrogens with zero attached hydrogens (tertiary/aromatic N) is 1. The minimum Gasteiger partial charge on any atom is -0.494 e. The van der Waals surface area contributed by atoms with Crippen molar-refractivity contribution >= 4 is 0 Å². The first-order chi connectivity index (χ1) is 9.97. The van der Waals surface area contributed by atoms with E-state index in [0.717, 1.165) is 10.6 Å². The van der Waals surface area contributed by atoms with E-state index in [9.17, 15) is 19.1 Å². The zero-order valence-corrected chi connectivity index (χ0v) is 11.3. The Morgan fingerprint density at radius 1 is 1.43 bits per heavy atom. The van der Waals surface area contributed by atoms with Crippen molar-refractivity contribution in [2.45, 2.75) is 19.4 Å². The number of terminal acetylenes is 1. The Morgan fingerprint density at radius 3 is 2.71 bits per heavy atom. The molecule has 2 rings (SSSR count). The monoisotopic (exact) mass is 288 g/mol. The first kappa shape index (κ1) is 14.6. The molecule has 0 saturated carbocycles. The third-order valence-electron chi connectivity index (χ3n) is 3.12. The summed E-state index contributed by atoms with van der Waals surface area (Å²) in [6.07, 6.45) is 5.37. The molecule has 1 heterocycles. The molecule has 0 aliphatic carbocycles. The SMILES string of the molecule is C#CCC(C)n1c(O)c(-c2ccccc2F)c(=O)[nH]c1=O. The number of aromatic hydroxyl groups is 1. The molecule has 21 heavy (non-hydrogen) atoms. The molecule has 0 aliphatic heterocycles. The molecular weight excluding hydrogens is 275 g/mol. The molecule has 2 aromatic rings. The van der Waals surface area contributed by atoms with E-state index >= 15 is 0 Å². The molecule has 0 saturated heterocycles. The average molecular weight is 288 g/mol. The van der Waals surface area contributed by atoms with E-state index in [2.05, 4.69) is 10.9 Å². The molecule has 1 unspecified atom stereocenters. The van der Waals surface area contributed by atoms with Gasteiger partial charge in [-0.25, -0.2) is 9.18 Å². The van der Waals surface area contributed by atoms with Gasteiger partial charge in [0.05, 0.1) is 0 Å². The number of H-pyrrole nitrogens is 1. The molecule has 0 aliphatic rings. The lowest BCUT2D eigenvalue weighted by atomic mass is 10.1. The van der Waals surface area contributed by atoms with Crippen LogP contribution in [0.2, 0.25) is 0 Å². The highest BCUT2D eigenvalue weighted by Crippen LogP contribution is 2.28. The normalized spacial score (nSPS) is 11.9. The van der Waals surface area contributed by atoms with Gasteiger partial charge in [-0.15, -0.1) is 12.3 Å². The number of hydrogen-bond donors (Lipinski definition) is 2. The van der Waals surface area contributed by atoms with Gasteiger partial charge < -0.3 is 5.11 Å². The van der Waals surface area contributed by atoms with Gasteiger partial charge in [0.2, 0.25) is 5.88 Å². The Bertz CT molecular complexity index is 830. The Labute approximate surface area is 119 Å². The van der Waals surface area contributed by atoms with Crippen LogP contribution in [0.25, 0.3) is 11.1 Å². The first-order valence-electron chi connectivity index (χ1n) is 6.23. The van der Waals surface area contributed by atoms with Crippen molar-refractivity contribution in [3.63, 3.8) is 0 Å². The van der Waals surface area contributed by atoms with E-state index in [-0.39, 0.29) is 17.5 Å². The third-order valence-corrected chi connectivity index (χ3v) is 3.12. The van der Waals surface area contributed by atoms with Crippen LogP contribution in [-0.4, -0.2) is 14.7 Å². The summed E-state index contributed by atoms with van der Waals surface area (Å²) in [5.74, 6) is 1.10. The topological polar surface area (TPSA) is 75.1 Å². The van der Waals surface area contributed by atoms with Crippen LogP contribution in [0.3, 0.4) is 0 Å². The van der Waals surface area contributed by atoms with E-state index in [1.54, 1.807) is 6.92 Å². The van der Waals surface area contributed by atoms with Crippen LogP contribution < -0.4 is 11.2 Å². The molecule has 5 nitrogen and oxygen atoms in total. The largest absolute Gasteiger partial charge is 0.494 e. The fraction of sp³-hybridized carbons (Fsp3) is 0.200. The number of halogens is 1. The fourth-order valence-corrected chi connectivity index (χ4v) is 2.12. The molecule has 1 aromatic carbocycles. The van der Waals surface area contributed by atoms with Gasteiger partial charge in [-0.2, -0.15) is 0 Å². The predicted octanol–water partition coefficient (Wildman–Crippen LogP) is 1.63. The Hall–Kier alpha value is -2.81. The van der Waals surface area contributed by atoms with Crippen molar-refractivity contribution in [2.24, 2.45) is 0 Å². The van der Waals surface area contributed by atoms with Crippen LogP contribution in [0.15, 0.2) is 33.9 Å². The smallest absolute Gasteiger partial charge is 0.331 e. The molecule has 1 aromatic heterocycles.